The molecular formula is C18H18Cl2N2O5S. The molecular weight excluding hydrogens is 427 g/mol. The fraction of sp³-hybridized carbons (Fsp3) is 0.222. The summed E-state index contributed by atoms with van der Waals surface area (Å²) in [7, 11) is -0.787. The second-order valence-corrected chi connectivity index (χ2v) is 8.97. The number of hydrogen-bond donors (Lipinski definition) is 1. The molecule has 0 saturated carbocycles. The summed E-state index contributed by atoms with van der Waals surface area (Å²) in [5, 5.41) is 3.21. The van der Waals surface area contributed by atoms with Crippen molar-refractivity contribution in [2.45, 2.75) is 17.9 Å². The van der Waals surface area contributed by atoms with Crippen LogP contribution in [0.2, 0.25) is 10.0 Å². The monoisotopic (exact) mass is 444 g/mol. The Morgan fingerprint density at radius 3 is 2.21 bits per heavy atom. The molecule has 0 bridgehead atoms. The highest BCUT2D eigenvalue weighted by atomic mass is 35.5. The molecule has 0 radical (unpaired) electrons. The summed E-state index contributed by atoms with van der Waals surface area (Å²) in [5.74, 6) is -1.34. The highest BCUT2D eigenvalue weighted by Crippen LogP contribution is 2.25. The maximum Gasteiger partial charge on any atom is 0.338 e. The normalized spacial score (nSPS) is 12.5. The third-order valence-electron chi connectivity index (χ3n) is 3.71. The lowest BCUT2D eigenvalue weighted by Gasteiger charge is -2.15. The molecule has 0 unspecified atom stereocenters. The van der Waals surface area contributed by atoms with Gasteiger partial charge < -0.3 is 10.1 Å². The van der Waals surface area contributed by atoms with E-state index in [1.165, 1.54) is 57.4 Å². The van der Waals surface area contributed by atoms with Crippen molar-refractivity contribution in [3.8, 4) is 0 Å². The zero-order valence-electron chi connectivity index (χ0n) is 15.3. The van der Waals surface area contributed by atoms with E-state index in [0.29, 0.717) is 10.7 Å². The number of sulfonamides is 1. The summed E-state index contributed by atoms with van der Waals surface area (Å²) < 4.78 is 30.3. The Labute approximate surface area is 173 Å². The van der Waals surface area contributed by atoms with E-state index in [0.717, 1.165) is 4.31 Å². The predicted octanol–water partition coefficient (Wildman–Crippen LogP) is 3.43. The van der Waals surface area contributed by atoms with E-state index in [-0.39, 0.29) is 15.5 Å². The Balaban J connectivity index is 2.04. The Morgan fingerprint density at radius 1 is 1.07 bits per heavy atom. The van der Waals surface area contributed by atoms with Crippen molar-refractivity contribution in [1.82, 2.24) is 4.31 Å². The number of rotatable bonds is 6. The van der Waals surface area contributed by atoms with Crippen molar-refractivity contribution < 1.29 is 22.7 Å². The Hall–Kier alpha value is -2.13. The number of ether oxygens (including phenoxy) is 1. The van der Waals surface area contributed by atoms with E-state index >= 15 is 0 Å². The molecule has 0 heterocycles. The largest absolute Gasteiger partial charge is 0.449 e. The fourth-order valence-corrected chi connectivity index (χ4v) is 3.44. The van der Waals surface area contributed by atoms with Gasteiger partial charge in [0, 0.05) is 19.1 Å². The van der Waals surface area contributed by atoms with Gasteiger partial charge in [-0.05, 0) is 49.4 Å². The van der Waals surface area contributed by atoms with Gasteiger partial charge >= 0.3 is 5.97 Å². The molecule has 0 fully saturated rings. The van der Waals surface area contributed by atoms with Crippen LogP contribution in [0.4, 0.5) is 5.69 Å². The molecule has 2 rings (SSSR count). The third-order valence-corrected chi connectivity index (χ3v) is 6.09. The van der Waals surface area contributed by atoms with E-state index in [2.05, 4.69) is 5.32 Å². The van der Waals surface area contributed by atoms with Crippen molar-refractivity contribution >= 4 is 50.8 Å². The Bertz CT molecular complexity index is 992. The second-order valence-electron chi connectivity index (χ2n) is 5.97. The Morgan fingerprint density at radius 2 is 1.68 bits per heavy atom. The second kappa shape index (κ2) is 8.91. The molecule has 0 aromatic heterocycles. The number of nitrogens with zero attached hydrogens (tertiary/aromatic N) is 1. The van der Waals surface area contributed by atoms with Crippen LogP contribution in [-0.4, -0.2) is 44.8 Å². The molecule has 0 aliphatic heterocycles. The first-order valence-corrected chi connectivity index (χ1v) is 10.2. The number of carbonyl (C=O) groups is 2. The van der Waals surface area contributed by atoms with Gasteiger partial charge in [0.1, 0.15) is 0 Å². The maximum absolute atomic E-state index is 12.2. The smallest absolute Gasteiger partial charge is 0.338 e. The molecule has 1 atom stereocenters. The van der Waals surface area contributed by atoms with Gasteiger partial charge in [-0.3, -0.25) is 4.79 Å². The van der Waals surface area contributed by atoms with Crippen LogP contribution in [0.1, 0.15) is 17.3 Å². The van der Waals surface area contributed by atoms with E-state index < -0.39 is 28.0 Å². The van der Waals surface area contributed by atoms with Gasteiger partial charge in [-0.2, -0.15) is 0 Å². The number of hydrogen-bond acceptors (Lipinski definition) is 5. The summed E-state index contributed by atoms with van der Waals surface area (Å²) in [6, 6.07) is 9.79. The topological polar surface area (TPSA) is 92.8 Å². The minimum Gasteiger partial charge on any atom is -0.449 e. The van der Waals surface area contributed by atoms with Gasteiger partial charge in [0.15, 0.2) is 6.10 Å². The molecule has 1 N–H and O–H groups in total. The van der Waals surface area contributed by atoms with Crippen molar-refractivity contribution in [3.05, 3.63) is 58.1 Å². The first-order valence-electron chi connectivity index (χ1n) is 8.02. The number of anilines is 1. The average Bonchev–Trinajstić information content (AvgIpc) is 2.63. The van der Waals surface area contributed by atoms with Crippen LogP contribution < -0.4 is 5.32 Å². The summed E-state index contributed by atoms with van der Waals surface area (Å²) in [6.45, 7) is 1.40. The van der Waals surface area contributed by atoms with Gasteiger partial charge in [-0.15, -0.1) is 0 Å². The lowest BCUT2D eigenvalue weighted by Crippen LogP contribution is -2.30. The Kier molecular flexibility index (Phi) is 7.06. The molecule has 1 amide bonds. The minimum atomic E-state index is -3.60. The number of benzene rings is 2. The van der Waals surface area contributed by atoms with Crippen molar-refractivity contribution in [2.24, 2.45) is 0 Å². The van der Waals surface area contributed by atoms with E-state index in [1.807, 2.05) is 0 Å². The number of nitrogens with one attached hydrogen (secondary N) is 1. The van der Waals surface area contributed by atoms with Crippen LogP contribution in [0.5, 0.6) is 0 Å². The average molecular weight is 445 g/mol. The lowest BCUT2D eigenvalue weighted by molar-refractivity contribution is -0.123. The number of esters is 1. The summed E-state index contributed by atoms with van der Waals surface area (Å²) >= 11 is 11.8. The molecule has 10 heteroatoms. The molecule has 0 saturated heterocycles. The standard InChI is InChI=1S/C18H18Cl2N2O5S/c1-11(17(23)21-16-9-6-13(19)10-15(16)20)27-18(24)12-4-7-14(8-5-12)28(25,26)22(2)3/h4-11H,1-3H3,(H,21,23)/t11-/m1/s1. The van der Waals surface area contributed by atoms with Gasteiger partial charge in [0.05, 0.1) is 21.2 Å². The maximum atomic E-state index is 12.2. The lowest BCUT2D eigenvalue weighted by atomic mass is 10.2. The third kappa shape index (κ3) is 5.23. The molecule has 2 aromatic rings. The number of amides is 1. The van der Waals surface area contributed by atoms with Gasteiger partial charge in [0.25, 0.3) is 5.91 Å². The summed E-state index contributed by atoms with van der Waals surface area (Å²) in [6.07, 6.45) is -1.11. The molecule has 7 nitrogen and oxygen atoms in total. The molecule has 0 spiro atoms. The summed E-state index contributed by atoms with van der Waals surface area (Å²) in [5.41, 5.74) is 0.444. The van der Waals surface area contributed by atoms with E-state index in [4.69, 9.17) is 27.9 Å². The predicted molar refractivity (Wildman–Crippen MR) is 107 cm³/mol. The van der Waals surface area contributed by atoms with Gasteiger partial charge in [0.2, 0.25) is 10.0 Å². The van der Waals surface area contributed by atoms with Crippen LogP contribution in [0.25, 0.3) is 0 Å². The molecule has 2 aromatic carbocycles. The van der Waals surface area contributed by atoms with Crippen LogP contribution >= 0.6 is 23.2 Å². The number of carbonyl (C=O) groups excluding carboxylic acids is 2. The van der Waals surface area contributed by atoms with E-state index in [9.17, 15) is 18.0 Å². The highest BCUT2D eigenvalue weighted by Gasteiger charge is 2.21. The minimum absolute atomic E-state index is 0.0391. The fourth-order valence-electron chi connectivity index (χ4n) is 2.08. The first-order chi connectivity index (χ1) is 13.0. The number of halogens is 2. The molecule has 0 aliphatic carbocycles. The molecule has 0 aliphatic rings. The first kappa shape index (κ1) is 22.2. The van der Waals surface area contributed by atoms with E-state index in [1.54, 1.807) is 6.07 Å². The van der Waals surface area contributed by atoms with Crippen molar-refractivity contribution in [3.63, 3.8) is 0 Å². The van der Waals surface area contributed by atoms with Gasteiger partial charge in [-0.25, -0.2) is 17.5 Å². The highest BCUT2D eigenvalue weighted by molar-refractivity contribution is 7.89. The zero-order valence-corrected chi connectivity index (χ0v) is 17.6. The van der Waals surface area contributed by atoms with Gasteiger partial charge in [-0.1, -0.05) is 23.2 Å². The molecule has 150 valence electrons. The van der Waals surface area contributed by atoms with Crippen molar-refractivity contribution in [1.29, 1.82) is 0 Å². The SMILES string of the molecule is C[C@@H](OC(=O)c1ccc(S(=O)(=O)N(C)C)cc1)C(=O)Nc1ccc(Cl)cc1Cl. The van der Waals surface area contributed by atoms with Crippen LogP contribution in [-0.2, 0) is 19.6 Å². The van der Waals surface area contributed by atoms with Crippen LogP contribution in [0.15, 0.2) is 47.4 Å². The van der Waals surface area contributed by atoms with Crippen LogP contribution in [0, 0.1) is 0 Å². The molecule has 28 heavy (non-hydrogen) atoms. The van der Waals surface area contributed by atoms with Crippen molar-refractivity contribution in [2.75, 3.05) is 19.4 Å². The summed E-state index contributed by atoms with van der Waals surface area (Å²) in [4.78, 5) is 24.5. The quantitative estimate of drug-likeness (QED) is 0.688. The van der Waals surface area contributed by atoms with Crippen LogP contribution in [0.3, 0.4) is 0 Å². The zero-order chi connectivity index (χ0) is 21.1.